The van der Waals surface area contributed by atoms with Crippen molar-refractivity contribution in [2.45, 2.75) is 6.61 Å². The highest BCUT2D eigenvalue weighted by atomic mass is 79.9. The Morgan fingerprint density at radius 2 is 2.04 bits per heavy atom. The third-order valence-electron chi connectivity index (χ3n) is 3.18. The number of para-hydroxylation sites is 1. The van der Waals surface area contributed by atoms with Crippen LogP contribution in [0.2, 0.25) is 0 Å². The summed E-state index contributed by atoms with van der Waals surface area (Å²) in [5.74, 6) is 0.223. The van der Waals surface area contributed by atoms with Crippen LogP contribution in [0.15, 0.2) is 46.9 Å². The van der Waals surface area contributed by atoms with E-state index in [1.54, 1.807) is 25.3 Å². The Hall–Kier alpha value is -2.05. The fraction of sp³-hybridized carbons (Fsp3) is 0.235. The summed E-state index contributed by atoms with van der Waals surface area (Å²) in [6, 6.07) is 12.5. The van der Waals surface area contributed by atoms with Crippen molar-refractivity contribution in [2.75, 3.05) is 25.6 Å². The van der Waals surface area contributed by atoms with Crippen molar-refractivity contribution in [3.8, 4) is 5.75 Å². The Balaban J connectivity index is 2.10. The van der Waals surface area contributed by atoms with Crippen molar-refractivity contribution in [1.29, 1.82) is 0 Å². The van der Waals surface area contributed by atoms with Gasteiger partial charge in [0.2, 0.25) is 0 Å². The van der Waals surface area contributed by atoms with E-state index in [4.69, 9.17) is 14.6 Å². The van der Waals surface area contributed by atoms with E-state index in [2.05, 4.69) is 21.2 Å². The van der Waals surface area contributed by atoms with Crippen molar-refractivity contribution >= 4 is 27.6 Å². The summed E-state index contributed by atoms with van der Waals surface area (Å²) in [7, 11) is 1.57. The number of anilines is 1. The number of hydrogen-bond acceptors (Lipinski definition) is 5. The van der Waals surface area contributed by atoms with Gasteiger partial charge in [-0.15, -0.1) is 0 Å². The summed E-state index contributed by atoms with van der Waals surface area (Å²) in [6.07, 6.45) is 0. The number of nitrogens with one attached hydrogen (secondary N) is 1. The summed E-state index contributed by atoms with van der Waals surface area (Å²) in [5, 5.41) is 11.9. The van der Waals surface area contributed by atoms with Crippen molar-refractivity contribution in [2.24, 2.45) is 0 Å². The molecule has 0 amide bonds. The van der Waals surface area contributed by atoms with Crippen LogP contribution in [0.25, 0.3) is 0 Å². The number of ether oxygens (including phenoxy) is 2. The highest BCUT2D eigenvalue weighted by molar-refractivity contribution is 9.10. The first-order valence-electron chi connectivity index (χ1n) is 7.09. The molecule has 0 saturated heterocycles. The predicted octanol–water partition coefficient (Wildman–Crippen LogP) is 3.22. The van der Waals surface area contributed by atoms with Crippen LogP contribution < -0.4 is 10.1 Å². The van der Waals surface area contributed by atoms with Crippen LogP contribution in [0.5, 0.6) is 5.75 Å². The first-order chi connectivity index (χ1) is 11.2. The van der Waals surface area contributed by atoms with Crippen LogP contribution in [-0.2, 0) is 11.3 Å². The zero-order valence-corrected chi connectivity index (χ0v) is 14.3. The van der Waals surface area contributed by atoms with Crippen LogP contribution in [0.4, 0.5) is 5.69 Å². The molecule has 0 unspecified atom stereocenters. The number of aliphatic hydroxyl groups is 1. The van der Waals surface area contributed by atoms with Crippen LogP contribution >= 0.6 is 15.9 Å². The molecule has 0 heterocycles. The van der Waals surface area contributed by atoms with Gasteiger partial charge in [-0.05, 0) is 30.3 Å². The highest BCUT2D eigenvalue weighted by Crippen LogP contribution is 2.24. The molecule has 2 N–H and O–H groups in total. The Labute approximate surface area is 143 Å². The minimum Gasteiger partial charge on any atom is -0.496 e. The Kier molecular flexibility index (Phi) is 6.43. The highest BCUT2D eigenvalue weighted by Gasteiger charge is 2.13. The number of carbonyl (C=O) groups excluding carboxylic acids is 1. The third kappa shape index (κ3) is 4.71. The molecule has 23 heavy (non-hydrogen) atoms. The average Bonchev–Trinajstić information content (AvgIpc) is 2.58. The van der Waals surface area contributed by atoms with Crippen LogP contribution in [0.1, 0.15) is 15.9 Å². The number of carbonyl (C=O) groups is 1. The standard InChI is InChI=1S/C17H18BrNO4/c1-22-16-7-6-13(18)10-12(16)11-23-17(21)14-4-2-3-5-15(14)19-8-9-20/h2-7,10,19-20H,8-9,11H2,1H3. The molecule has 0 aliphatic carbocycles. The molecule has 0 fully saturated rings. The molecule has 0 aromatic heterocycles. The lowest BCUT2D eigenvalue weighted by Gasteiger charge is -2.12. The first kappa shape index (κ1) is 17.3. The Morgan fingerprint density at radius 1 is 1.26 bits per heavy atom. The Bertz CT molecular complexity index is 675. The van der Waals surface area contributed by atoms with Gasteiger partial charge in [-0.1, -0.05) is 28.1 Å². The molecule has 0 spiro atoms. The topological polar surface area (TPSA) is 67.8 Å². The van der Waals surface area contributed by atoms with Gasteiger partial charge in [0.25, 0.3) is 0 Å². The molecule has 0 saturated carbocycles. The van der Waals surface area contributed by atoms with E-state index < -0.39 is 5.97 Å². The van der Waals surface area contributed by atoms with Gasteiger partial charge in [0, 0.05) is 22.3 Å². The van der Waals surface area contributed by atoms with Gasteiger partial charge in [0.05, 0.1) is 19.3 Å². The van der Waals surface area contributed by atoms with Gasteiger partial charge in [-0.3, -0.25) is 0 Å². The monoisotopic (exact) mass is 379 g/mol. The van der Waals surface area contributed by atoms with Gasteiger partial charge >= 0.3 is 5.97 Å². The molecule has 0 aliphatic heterocycles. The molecule has 2 aromatic rings. The molecule has 0 atom stereocenters. The third-order valence-corrected chi connectivity index (χ3v) is 3.67. The van der Waals surface area contributed by atoms with Gasteiger partial charge in [0.15, 0.2) is 0 Å². The van der Waals surface area contributed by atoms with Crippen molar-refractivity contribution in [3.05, 3.63) is 58.1 Å². The quantitative estimate of drug-likeness (QED) is 0.722. The second-order valence-corrected chi connectivity index (χ2v) is 5.64. The smallest absolute Gasteiger partial charge is 0.340 e. The fourth-order valence-electron chi connectivity index (χ4n) is 2.09. The van der Waals surface area contributed by atoms with Gasteiger partial charge in [-0.2, -0.15) is 0 Å². The summed E-state index contributed by atoms with van der Waals surface area (Å²) in [6.45, 7) is 0.457. The number of hydrogen-bond donors (Lipinski definition) is 2. The molecular weight excluding hydrogens is 362 g/mol. The molecule has 5 nitrogen and oxygen atoms in total. The molecule has 0 radical (unpaired) electrons. The maximum absolute atomic E-state index is 12.3. The maximum Gasteiger partial charge on any atom is 0.340 e. The van der Waals surface area contributed by atoms with E-state index in [1.807, 2.05) is 24.3 Å². The number of methoxy groups -OCH3 is 1. The number of benzene rings is 2. The molecule has 2 aromatic carbocycles. The van der Waals surface area contributed by atoms with E-state index >= 15 is 0 Å². The normalized spacial score (nSPS) is 10.2. The predicted molar refractivity (Wildman–Crippen MR) is 91.8 cm³/mol. The minimum atomic E-state index is -0.437. The van der Waals surface area contributed by atoms with Gasteiger partial charge in [0.1, 0.15) is 12.4 Å². The van der Waals surface area contributed by atoms with Crippen molar-refractivity contribution in [1.82, 2.24) is 0 Å². The van der Waals surface area contributed by atoms with Gasteiger partial charge < -0.3 is 19.9 Å². The average molecular weight is 380 g/mol. The number of aliphatic hydroxyl groups excluding tert-OH is 1. The van der Waals surface area contributed by atoms with E-state index in [1.165, 1.54) is 0 Å². The zero-order valence-electron chi connectivity index (χ0n) is 12.7. The lowest BCUT2D eigenvalue weighted by Crippen LogP contribution is -2.12. The minimum absolute atomic E-state index is 0.0153. The molecular formula is C17H18BrNO4. The summed E-state index contributed by atoms with van der Waals surface area (Å²) in [5.41, 5.74) is 1.83. The molecule has 0 aliphatic rings. The number of rotatable bonds is 7. The second kappa shape index (κ2) is 8.55. The van der Waals surface area contributed by atoms with E-state index in [-0.39, 0.29) is 13.2 Å². The second-order valence-electron chi connectivity index (χ2n) is 4.73. The lowest BCUT2D eigenvalue weighted by molar-refractivity contribution is 0.0471. The molecule has 6 heteroatoms. The van der Waals surface area contributed by atoms with Crippen molar-refractivity contribution < 1.29 is 19.4 Å². The zero-order chi connectivity index (χ0) is 16.7. The number of esters is 1. The first-order valence-corrected chi connectivity index (χ1v) is 7.88. The number of halogens is 1. The summed E-state index contributed by atoms with van der Waals surface area (Å²) >= 11 is 3.39. The Morgan fingerprint density at radius 3 is 2.78 bits per heavy atom. The van der Waals surface area contributed by atoms with Crippen molar-refractivity contribution in [3.63, 3.8) is 0 Å². The maximum atomic E-state index is 12.3. The molecule has 122 valence electrons. The van der Waals surface area contributed by atoms with Crippen LogP contribution in [0.3, 0.4) is 0 Å². The van der Waals surface area contributed by atoms with E-state index in [0.717, 1.165) is 10.0 Å². The van der Waals surface area contributed by atoms with Crippen LogP contribution in [0, 0.1) is 0 Å². The largest absolute Gasteiger partial charge is 0.496 e. The summed E-state index contributed by atoms with van der Waals surface area (Å²) < 4.78 is 11.5. The molecule has 0 bridgehead atoms. The van der Waals surface area contributed by atoms with Gasteiger partial charge in [-0.25, -0.2) is 4.79 Å². The SMILES string of the molecule is COc1ccc(Br)cc1COC(=O)c1ccccc1NCCO. The fourth-order valence-corrected chi connectivity index (χ4v) is 2.50. The molecule has 2 rings (SSSR count). The van der Waals surface area contributed by atoms with Crippen LogP contribution in [-0.4, -0.2) is 31.3 Å². The summed E-state index contributed by atoms with van der Waals surface area (Å²) in [4.78, 5) is 12.3. The van der Waals surface area contributed by atoms with E-state index in [0.29, 0.717) is 23.5 Å². The lowest BCUT2D eigenvalue weighted by atomic mass is 10.1. The van der Waals surface area contributed by atoms with E-state index in [9.17, 15) is 4.79 Å².